The summed E-state index contributed by atoms with van der Waals surface area (Å²) in [7, 11) is 0. The van der Waals surface area contributed by atoms with Gasteiger partial charge in [0.05, 0.1) is 0 Å². The summed E-state index contributed by atoms with van der Waals surface area (Å²) >= 11 is 0. The van der Waals surface area contributed by atoms with Crippen LogP contribution in [0.2, 0.25) is 0 Å². The molecule has 0 spiro atoms. The van der Waals surface area contributed by atoms with Gasteiger partial charge in [0, 0.05) is 18.9 Å². The van der Waals surface area contributed by atoms with Crippen molar-refractivity contribution >= 4 is 5.78 Å². The second-order valence-corrected chi connectivity index (χ2v) is 7.87. The summed E-state index contributed by atoms with van der Waals surface area (Å²) < 4.78 is 0. The standard InChI is InChI=1S/C23H43NO/c1-2-3-4-5-6-7-8-9-10-11-12-13-14-15-16-17-20-24-22-18-19-23(25)21-22/h9-10,22,24H,2-8,11-21H2,1H3. The molecule has 2 nitrogen and oxygen atoms in total. The Hall–Kier alpha value is -0.630. The normalized spacial score (nSPS) is 17.8. The van der Waals surface area contributed by atoms with Crippen molar-refractivity contribution in [3.8, 4) is 0 Å². The van der Waals surface area contributed by atoms with Crippen LogP contribution in [0.1, 0.15) is 116 Å². The lowest BCUT2D eigenvalue weighted by Gasteiger charge is -2.10. The Balaban J connectivity index is 1.71. The molecule has 1 rings (SSSR count). The molecular formula is C23H43NO. The van der Waals surface area contributed by atoms with Crippen molar-refractivity contribution in [2.75, 3.05) is 6.54 Å². The summed E-state index contributed by atoms with van der Waals surface area (Å²) in [6.45, 7) is 3.38. The molecule has 1 aliphatic carbocycles. The Kier molecular flexibility index (Phi) is 15.1. The van der Waals surface area contributed by atoms with E-state index in [1.54, 1.807) is 0 Å². The van der Waals surface area contributed by atoms with Gasteiger partial charge in [-0.05, 0) is 45.1 Å². The Bertz CT molecular complexity index is 337. The number of hydrogen-bond donors (Lipinski definition) is 1. The summed E-state index contributed by atoms with van der Waals surface area (Å²) in [4.78, 5) is 11.2. The van der Waals surface area contributed by atoms with Crippen LogP contribution in [0.25, 0.3) is 0 Å². The van der Waals surface area contributed by atoms with Gasteiger partial charge in [-0.3, -0.25) is 4.79 Å². The van der Waals surface area contributed by atoms with Gasteiger partial charge in [0.1, 0.15) is 5.78 Å². The number of unbranched alkanes of at least 4 members (excludes halogenated alkanes) is 12. The maximum Gasteiger partial charge on any atom is 0.134 e. The van der Waals surface area contributed by atoms with Gasteiger partial charge in [-0.2, -0.15) is 0 Å². The van der Waals surface area contributed by atoms with Crippen molar-refractivity contribution in [1.82, 2.24) is 5.32 Å². The van der Waals surface area contributed by atoms with Crippen LogP contribution in [-0.4, -0.2) is 18.4 Å². The third kappa shape index (κ3) is 14.2. The molecule has 1 fully saturated rings. The quantitative estimate of drug-likeness (QED) is 0.233. The number of rotatable bonds is 17. The van der Waals surface area contributed by atoms with Gasteiger partial charge in [0.15, 0.2) is 0 Å². The molecule has 0 radical (unpaired) electrons. The van der Waals surface area contributed by atoms with Crippen molar-refractivity contribution in [1.29, 1.82) is 0 Å². The van der Waals surface area contributed by atoms with E-state index in [1.807, 2.05) is 0 Å². The Morgan fingerprint density at radius 3 is 1.96 bits per heavy atom. The number of nitrogens with one attached hydrogen (secondary N) is 1. The summed E-state index contributed by atoms with van der Waals surface area (Å²) in [5, 5.41) is 3.53. The first-order valence-electron chi connectivity index (χ1n) is 11.2. The number of carbonyl (C=O) groups is 1. The second kappa shape index (κ2) is 16.8. The van der Waals surface area contributed by atoms with Gasteiger partial charge < -0.3 is 5.32 Å². The molecule has 1 aliphatic rings. The second-order valence-electron chi connectivity index (χ2n) is 7.87. The molecule has 0 bridgehead atoms. The monoisotopic (exact) mass is 349 g/mol. The zero-order valence-corrected chi connectivity index (χ0v) is 16.9. The predicted octanol–water partition coefficient (Wildman–Crippen LogP) is 6.74. The molecule has 1 saturated carbocycles. The van der Waals surface area contributed by atoms with Crippen LogP contribution >= 0.6 is 0 Å². The van der Waals surface area contributed by atoms with Crippen LogP contribution in [0.15, 0.2) is 12.2 Å². The first-order valence-corrected chi connectivity index (χ1v) is 11.2. The largest absolute Gasteiger partial charge is 0.314 e. The molecule has 25 heavy (non-hydrogen) atoms. The van der Waals surface area contributed by atoms with Gasteiger partial charge in [-0.15, -0.1) is 0 Å². The van der Waals surface area contributed by atoms with E-state index < -0.39 is 0 Å². The van der Waals surface area contributed by atoms with Crippen LogP contribution in [0, 0.1) is 0 Å². The zero-order valence-electron chi connectivity index (χ0n) is 16.9. The first-order chi connectivity index (χ1) is 12.3. The third-order valence-electron chi connectivity index (χ3n) is 5.37. The van der Waals surface area contributed by atoms with Gasteiger partial charge in [0.2, 0.25) is 0 Å². The van der Waals surface area contributed by atoms with Crippen LogP contribution in [0.3, 0.4) is 0 Å². The predicted molar refractivity (Wildman–Crippen MR) is 110 cm³/mol. The van der Waals surface area contributed by atoms with Gasteiger partial charge in [-0.1, -0.05) is 76.9 Å². The fourth-order valence-corrected chi connectivity index (χ4v) is 3.67. The Morgan fingerprint density at radius 1 is 0.840 bits per heavy atom. The molecule has 1 N–H and O–H groups in total. The van der Waals surface area contributed by atoms with E-state index in [2.05, 4.69) is 24.4 Å². The molecule has 1 atom stereocenters. The highest BCUT2D eigenvalue weighted by molar-refractivity contribution is 5.81. The van der Waals surface area contributed by atoms with E-state index in [4.69, 9.17) is 0 Å². The topological polar surface area (TPSA) is 29.1 Å². The maximum atomic E-state index is 11.2. The fourth-order valence-electron chi connectivity index (χ4n) is 3.67. The molecule has 1 unspecified atom stereocenters. The molecule has 2 heteroatoms. The van der Waals surface area contributed by atoms with Crippen molar-refractivity contribution < 1.29 is 4.79 Å². The van der Waals surface area contributed by atoms with Gasteiger partial charge >= 0.3 is 0 Å². The lowest BCUT2D eigenvalue weighted by Crippen LogP contribution is -2.27. The van der Waals surface area contributed by atoms with E-state index in [9.17, 15) is 4.79 Å². The van der Waals surface area contributed by atoms with Gasteiger partial charge in [0.25, 0.3) is 0 Å². The van der Waals surface area contributed by atoms with E-state index in [0.29, 0.717) is 11.8 Å². The van der Waals surface area contributed by atoms with Crippen LogP contribution < -0.4 is 5.32 Å². The molecule has 0 aromatic heterocycles. The van der Waals surface area contributed by atoms with E-state index >= 15 is 0 Å². The fraction of sp³-hybridized carbons (Fsp3) is 0.870. The van der Waals surface area contributed by atoms with Crippen LogP contribution in [0.4, 0.5) is 0 Å². The molecule has 0 heterocycles. The lowest BCUT2D eigenvalue weighted by atomic mass is 10.1. The van der Waals surface area contributed by atoms with E-state index in [1.165, 1.54) is 89.9 Å². The van der Waals surface area contributed by atoms with Crippen LogP contribution in [-0.2, 0) is 4.79 Å². The summed E-state index contributed by atoms with van der Waals surface area (Å²) in [5.41, 5.74) is 0. The molecule has 0 aliphatic heterocycles. The molecule has 0 amide bonds. The van der Waals surface area contributed by atoms with Crippen molar-refractivity contribution in [3.05, 3.63) is 12.2 Å². The van der Waals surface area contributed by atoms with Crippen LogP contribution in [0.5, 0.6) is 0 Å². The average molecular weight is 350 g/mol. The first kappa shape index (κ1) is 22.4. The maximum absolute atomic E-state index is 11.2. The van der Waals surface area contributed by atoms with E-state index in [0.717, 1.165) is 25.8 Å². The molecular weight excluding hydrogens is 306 g/mol. The number of ketones is 1. The SMILES string of the molecule is CCCCCCCCC=CCCCCCCCCNC1CCC(=O)C1. The Labute approximate surface area is 157 Å². The highest BCUT2D eigenvalue weighted by Crippen LogP contribution is 2.14. The van der Waals surface area contributed by atoms with Crippen molar-refractivity contribution in [2.24, 2.45) is 0 Å². The minimum Gasteiger partial charge on any atom is -0.314 e. The lowest BCUT2D eigenvalue weighted by molar-refractivity contribution is -0.117. The van der Waals surface area contributed by atoms with Crippen molar-refractivity contribution in [2.45, 2.75) is 122 Å². The number of carbonyl (C=O) groups excluding carboxylic acids is 1. The number of allylic oxidation sites excluding steroid dienone is 2. The average Bonchev–Trinajstić information content (AvgIpc) is 3.03. The molecule has 146 valence electrons. The minimum absolute atomic E-state index is 0.443. The summed E-state index contributed by atoms with van der Waals surface area (Å²) in [5.74, 6) is 0.443. The van der Waals surface area contributed by atoms with E-state index in [-0.39, 0.29) is 0 Å². The van der Waals surface area contributed by atoms with Crippen molar-refractivity contribution in [3.63, 3.8) is 0 Å². The zero-order chi connectivity index (χ0) is 18.0. The third-order valence-corrected chi connectivity index (χ3v) is 5.37. The molecule has 0 saturated heterocycles. The number of hydrogen-bond acceptors (Lipinski definition) is 2. The van der Waals surface area contributed by atoms with Gasteiger partial charge in [-0.25, -0.2) is 0 Å². The highest BCUT2D eigenvalue weighted by atomic mass is 16.1. The highest BCUT2D eigenvalue weighted by Gasteiger charge is 2.20. The molecule has 0 aromatic rings. The molecule has 0 aromatic carbocycles. The minimum atomic E-state index is 0.443. The number of Topliss-reactive ketones (excluding diaryl/α,β-unsaturated/α-hetero) is 1. The Morgan fingerprint density at radius 2 is 1.40 bits per heavy atom. The summed E-state index contributed by atoms with van der Waals surface area (Å²) in [6.07, 6.45) is 26.5. The smallest absolute Gasteiger partial charge is 0.134 e. The summed E-state index contributed by atoms with van der Waals surface area (Å²) in [6, 6.07) is 0.482.